The number of imide groups is 1. The summed E-state index contributed by atoms with van der Waals surface area (Å²) >= 11 is 1.57. The van der Waals surface area contributed by atoms with Crippen molar-refractivity contribution in [3.05, 3.63) is 0 Å². The summed E-state index contributed by atoms with van der Waals surface area (Å²) in [5, 5.41) is -0.340. The topological polar surface area (TPSA) is 54.5 Å². The van der Waals surface area contributed by atoms with Crippen LogP contribution >= 0.6 is 11.8 Å². The summed E-state index contributed by atoms with van der Waals surface area (Å²) in [7, 11) is 0. The molecule has 2 unspecified atom stereocenters. The Morgan fingerprint density at radius 3 is 2.14 bits per heavy atom. The predicted molar refractivity (Wildman–Crippen MR) is 86.1 cm³/mol. The van der Waals surface area contributed by atoms with Crippen LogP contribution in [0.1, 0.15) is 54.9 Å². The smallest absolute Gasteiger partial charge is 0.243 e. The van der Waals surface area contributed by atoms with Crippen LogP contribution in [0.15, 0.2) is 0 Å². The number of carbonyl (C=O) groups excluding carboxylic acids is 3. The number of nitrogens with zero attached hydrogens (tertiary/aromatic N) is 1. The third-order valence-electron chi connectivity index (χ3n) is 4.84. The second-order valence-electron chi connectivity index (χ2n) is 7.21. The van der Waals surface area contributed by atoms with E-state index in [1.165, 1.54) is 4.90 Å². The van der Waals surface area contributed by atoms with E-state index < -0.39 is 5.54 Å². The van der Waals surface area contributed by atoms with E-state index in [-0.39, 0.29) is 34.2 Å². The highest BCUT2D eigenvalue weighted by molar-refractivity contribution is 8.02. The van der Waals surface area contributed by atoms with Crippen molar-refractivity contribution in [2.24, 2.45) is 11.8 Å². The van der Waals surface area contributed by atoms with E-state index in [1.807, 2.05) is 0 Å². The fourth-order valence-corrected chi connectivity index (χ4v) is 3.61. The van der Waals surface area contributed by atoms with Gasteiger partial charge in [-0.2, -0.15) is 0 Å². The van der Waals surface area contributed by atoms with E-state index in [2.05, 4.69) is 27.7 Å². The highest BCUT2D eigenvalue weighted by Crippen LogP contribution is 2.41. The van der Waals surface area contributed by atoms with E-state index in [0.717, 1.165) is 6.29 Å². The normalized spacial score (nSPS) is 22.1. The molecule has 1 rings (SSSR count). The Labute approximate surface area is 132 Å². The molecule has 21 heavy (non-hydrogen) atoms. The van der Waals surface area contributed by atoms with Crippen LogP contribution in [-0.4, -0.2) is 38.5 Å². The maximum atomic E-state index is 12.7. The van der Waals surface area contributed by atoms with E-state index in [0.29, 0.717) is 5.92 Å². The van der Waals surface area contributed by atoms with Crippen LogP contribution in [0.2, 0.25) is 0 Å². The molecule has 4 nitrogen and oxygen atoms in total. The van der Waals surface area contributed by atoms with Crippen molar-refractivity contribution in [3.8, 4) is 0 Å². The van der Waals surface area contributed by atoms with Crippen molar-refractivity contribution >= 4 is 29.9 Å². The first kappa shape index (κ1) is 18.2. The van der Waals surface area contributed by atoms with Gasteiger partial charge in [-0.15, -0.1) is 11.8 Å². The van der Waals surface area contributed by atoms with Crippen molar-refractivity contribution in [1.29, 1.82) is 0 Å². The average Bonchev–Trinajstić information content (AvgIpc) is 2.62. The first-order valence-corrected chi connectivity index (χ1v) is 8.33. The Balaban J connectivity index is 2.97. The monoisotopic (exact) mass is 313 g/mol. The van der Waals surface area contributed by atoms with Crippen LogP contribution in [-0.2, 0) is 14.4 Å². The van der Waals surface area contributed by atoms with Crippen molar-refractivity contribution in [1.82, 2.24) is 4.90 Å². The summed E-state index contributed by atoms with van der Waals surface area (Å²) in [5.74, 6) is -0.304. The van der Waals surface area contributed by atoms with Crippen LogP contribution in [0.25, 0.3) is 0 Å². The van der Waals surface area contributed by atoms with Gasteiger partial charge in [-0.3, -0.25) is 14.5 Å². The molecule has 5 heteroatoms. The minimum atomic E-state index is -0.771. The second-order valence-corrected chi connectivity index (χ2v) is 9.07. The van der Waals surface area contributed by atoms with Crippen molar-refractivity contribution in [2.75, 3.05) is 0 Å². The maximum Gasteiger partial charge on any atom is 0.243 e. The summed E-state index contributed by atoms with van der Waals surface area (Å²) < 4.78 is -0.0724. The second kappa shape index (κ2) is 6.11. The molecule has 2 amide bonds. The molecule has 1 saturated heterocycles. The van der Waals surface area contributed by atoms with Gasteiger partial charge >= 0.3 is 0 Å². The third kappa shape index (κ3) is 3.50. The molecule has 0 spiro atoms. The largest absolute Gasteiger partial charge is 0.303 e. The fraction of sp³-hybridized carbons (Fsp3) is 0.812. The molecule has 0 aromatic rings. The van der Waals surface area contributed by atoms with Gasteiger partial charge in [0.2, 0.25) is 11.8 Å². The number of hydrogen-bond acceptors (Lipinski definition) is 4. The number of rotatable bonds is 6. The van der Waals surface area contributed by atoms with Gasteiger partial charge in [-0.05, 0) is 19.8 Å². The molecule has 0 radical (unpaired) electrons. The Morgan fingerprint density at radius 2 is 1.71 bits per heavy atom. The summed E-state index contributed by atoms with van der Waals surface area (Å²) in [5.41, 5.74) is -0.771. The highest BCUT2D eigenvalue weighted by Gasteiger charge is 2.49. The summed E-state index contributed by atoms with van der Waals surface area (Å²) in [6, 6.07) is 0. The van der Waals surface area contributed by atoms with Gasteiger partial charge < -0.3 is 4.79 Å². The van der Waals surface area contributed by atoms with E-state index in [9.17, 15) is 14.4 Å². The lowest BCUT2D eigenvalue weighted by molar-refractivity contribution is -0.146. The van der Waals surface area contributed by atoms with Crippen molar-refractivity contribution in [3.63, 3.8) is 0 Å². The zero-order chi connectivity index (χ0) is 16.6. The van der Waals surface area contributed by atoms with Crippen LogP contribution in [0.3, 0.4) is 0 Å². The lowest BCUT2D eigenvalue weighted by atomic mass is 9.88. The number of likely N-dealkylation sites (tertiary alicyclic amines) is 1. The SMILES string of the molecule is CC(C)C(C)(C)SC1CC(=O)N(C(C)(C)C(C)C=O)C1=O. The van der Waals surface area contributed by atoms with Gasteiger partial charge in [0.1, 0.15) is 6.29 Å². The molecule has 0 aliphatic carbocycles. The number of carbonyl (C=O) groups is 3. The lowest BCUT2D eigenvalue weighted by Gasteiger charge is -2.37. The van der Waals surface area contributed by atoms with Gasteiger partial charge in [0.25, 0.3) is 0 Å². The van der Waals surface area contributed by atoms with E-state index in [4.69, 9.17) is 0 Å². The molecule has 0 aromatic heterocycles. The highest BCUT2D eigenvalue weighted by atomic mass is 32.2. The Kier molecular flexibility index (Phi) is 5.30. The molecule has 2 atom stereocenters. The summed E-state index contributed by atoms with van der Waals surface area (Å²) in [6.07, 6.45) is 1.04. The summed E-state index contributed by atoms with van der Waals surface area (Å²) in [6.45, 7) is 13.7. The Bertz CT molecular complexity index is 443. The standard InChI is InChI=1S/C16H27NO3S/c1-10(2)16(6,7)21-12-8-13(19)17(14(12)20)15(4,5)11(3)9-18/h9-12H,8H2,1-7H3. The number of amides is 2. The zero-order valence-corrected chi connectivity index (χ0v) is 14.9. The number of aldehydes is 1. The number of thioether (sulfide) groups is 1. The molecular weight excluding hydrogens is 286 g/mol. The van der Waals surface area contributed by atoms with Gasteiger partial charge in [0.15, 0.2) is 0 Å². The minimum Gasteiger partial charge on any atom is -0.303 e. The van der Waals surface area contributed by atoms with Crippen LogP contribution in [0, 0.1) is 11.8 Å². The van der Waals surface area contributed by atoms with Crippen LogP contribution in [0.4, 0.5) is 0 Å². The Hall–Kier alpha value is -0.840. The van der Waals surface area contributed by atoms with Crippen molar-refractivity contribution < 1.29 is 14.4 Å². The fourth-order valence-electron chi connectivity index (χ4n) is 2.17. The third-order valence-corrected chi connectivity index (χ3v) is 6.57. The van der Waals surface area contributed by atoms with Gasteiger partial charge in [-0.1, -0.05) is 34.6 Å². The molecule has 1 aliphatic heterocycles. The molecule has 0 aromatic carbocycles. The molecule has 1 fully saturated rings. The van der Waals surface area contributed by atoms with Gasteiger partial charge in [-0.25, -0.2) is 0 Å². The Morgan fingerprint density at radius 1 is 1.19 bits per heavy atom. The molecule has 1 heterocycles. The lowest BCUT2D eigenvalue weighted by Crippen LogP contribution is -2.52. The zero-order valence-electron chi connectivity index (χ0n) is 14.1. The predicted octanol–water partition coefficient (Wildman–Crippen LogP) is 2.90. The molecule has 0 bridgehead atoms. The van der Waals surface area contributed by atoms with Crippen LogP contribution < -0.4 is 0 Å². The minimum absolute atomic E-state index is 0.0724. The quantitative estimate of drug-likeness (QED) is 0.559. The first-order valence-electron chi connectivity index (χ1n) is 7.45. The van der Waals surface area contributed by atoms with E-state index >= 15 is 0 Å². The maximum absolute atomic E-state index is 12.7. The first-order chi connectivity index (χ1) is 9.45. The van der Waals surface area contributed by atoms with Gasteiger partial charge in [0.05, 0.1) is 10.8 Å². The molecular formula is C16H27NO3S. The summed E-state index contributed by atoms with van der Waals surface area (Å²) in [4.78, 5) is 37.3. The average molecular weight is 313 g/mol. The molecule has 0 N–H and O–H groups in total. The number of hydrogen-bond donors (Lipinski definition) is 0. The van der Waals surface area contributed by atoms with Crippen LogP contribution in [0.5, 0.6) is 0 Å². The molecule has 1 aliphatic rings. The van der Waals surface area contributed by atoms with E-state index in [1.54, 1.807) is 32.5 Å². The molecule has 0 saturated carbocycles. The molecule has 120 valence electrons. The van der Waals surface area contributed by atoms with Gasteiger partial charge in [0, 0.05) is 17.1 Å². The van der Waals surface area contributed by atoms with Crippen molar-refractivity contribution in [2.45, 2.75) is 70.4 Å².